The molecular weight excluding hydrogens is 328 g/mol. The molecule has 1 saturated heterocycles. The maximum absolute atomic E-state index is 12.5. The molecule has 138 valence electrons. The van der Waals surface area contributed by atoms with E-state index < -0.39 is 0 Å². The first-order chi connectivity index (χ1) is 12.6. The van der Waals surface area contributed by atoms with Crippen molar-refractivity contribution in [3.8, 4) is 5.75 Å². The fourth-order valence-electron chi connectivity index (χ4n) is 3.08. The Balaban J connectivity index is 1.50. The molecule has 1 aliphatic rings. The summed E-state index contributed by atoms with van der Waals surface area (Å²) in [5, 5.41) is 9.61. The second-order valence-electron chi connectivity index (χ2n) is 6.65. The molecule has 1 amide bonds. The molecular formula is C21H26N2O3. The van der Waals surface area contributed by atoms with E-state index in [9.17, 15) is 9.90 Å². The molecule has 0 aliphatic carbocycles. The lowest BCUT2D eigenvalue weighted by Crippen LogP contribution is -2.35. The maximum Gasteiger partial charge on any atom is 0.253 e. The summed E-state index contributed by atoms with van der Waals surface area (Å²) in [6.07, 6.45) is 1.41. The number of anilines is 1. The van der Waals surface area contributed by atoms with Crippen LogP contribution in [0, 0.1) is 0 Å². The van der Waals surface area contributed by atoms with Crippen LogP contribution in [0.2, 0.25) is 0 Å². The second-order valence-corrected chi connectivity index (χ2v) is 6.65. The Morgan fingerprint density at radius 3 is 2.42 bits per heavy atom. The van der Waals surface area contributed by atoms with Crippen LogP contribution >= 0.6 is 0 Å². The Morgan fingerprint density at radius 1 is 1.12 bits per heavy atom. The summed E-state index contributed by atoms with van der Waals surface area (Å²) >= 11 is 0. The first-order valence-electron chi connectivity index (χ1n) is 9.10. The predicted molar refractivity (Wildman–Crippen MR) is 103 cm³/mol. The monoisotopic (exact) mass is 354 g/mol. The fraction of sp³-hybridized carbons (Fsp3) is 0.381. The Morgan fingerprint density at radius 2 is 1.77 bits per heavy atom. The van der Waals surface area contributed by atoms with Gasteiger partial charge in [-0.15, -0.1) is 0 Å². The number of aliphatic hydroxyl groups excluding tert-OH is 1. The van der Waals surface area contributed by atoms with Gasteiger partial charge in [-0.2, -0.15) is 0 Å². The van der Waals surface area contributed by atoms with E-state index >= 15 is 0 Å². The number of rotatable bonds is 6. The minimum Gasteiger partial charge on any atom is -0.492 e. The Bertz CT molecular complexity index is 695. The minimum atomic E-state index is -0.182. The first-order valence-corrected chi connectivity index (χ1v) is 9.10. The van der Waals surface area contributed by atoms with Crippen LogP contribution in [0.3, 0.4) is 0 Å². The van der Waals surface area contributed by atoms with Gasteiger partial charge in [-0.25, -0.2) is 0 Å². The zero-order valence-corrected chi connectivity index (χ0v) is 15.2. The molecule has 0 aromatic heterocycles. The van der Waals surface area contributed by atoms with Gasteiger partial charge in [0, 0.05) is 31.4 Å². The summed E-state index contributed by atoms with van der Waals surface area (Å²) < 4.78 is 5.65. The Kier molecular flexibility index (Phi) is 6.12. The van der Waals surface area contributed by atoms with Gasteiger partial charge in [0.2, 0.25) is 0 Å². The number of benzene rings is 2. The third kappa shape index (κ3) is 4.76. The van der Waals surface area contributed by atoms with Crippen LogP contribution in [-0.2, 0) is 0 Å². The van der Waals surface area contributed by atoms with E-state index in [0.717, 1.165) is 37.4 Å². The van der Waals surface area contributed by atoms with Crippen molar-refractivity contribution in [2.24, 2.45) is 0 Å². The minimum absolute atomic E-state index is 0.0118. The average molecular weight is 354 g/mol. The number of likely N-dealkylation sites (N-methyl/N-ethyl adjacent to an activating group) is 1. The summed E-state index contributed by atoms with van der Waals surface area (Å²) in [6.45, 7) is 2.69. The Hall–Kier alpha value is -2.53. The smallest absolute Gasteiger partial charge is 0.253 e. The molecule has 1 fully saturated rings. The summed E-state index contributed by atoms with van der Waals surface area (Å²) in [7, 11) is 1.79. The number of piperidine rings is 1. The third-order valence-corrected chi connectivity index (χ3v) is 4.73. The van der Waals surface area contributed by atoms with Crippen molar-refractivity contribution in [1.82, 2.24) is 4.90 Å². The van der Waals surface area contributed by atoms with Crippen LogP contribution in [-0.4, -0.2) is 55.3 Å². The number of ether oxygens (including phenoxy) is 1. The highest BCUT2D eigenvalue weighted by atomic mass is 16.5. The molecule has 0 radical (unpaired) electrons. The summed E-state index contributed by atoms with van der Waals surface area (Å²) in [5.41, 5.74) is 1.77. The van der Waals surface area contributed by atoms with Gasteiger partial charge in [-0.1, -0.05) is 18.2 Å². The molecule has 0 atom stereocenters. The van der Waals surface area contributed by atoms with E-state index in [0.29, 0.717) is 18.7 Å². The topological polar surface area (TPSA) is 53.0 Å². The maximum atomic E-state index is 12.5. The van der Waals surface area contributed by atoms with Crippen LogP contribution < -0.4 is 9.64 Å². The van der Waals surface area contributed by atoms with Crippen LogP contribution in [0.5, 0.6) is 5.75 Å². The lowest BCUT2D eigenvalue weighted by atomic mass is 10.1. The largest absolute Gasteiger partial charge is 0.492 e. The quantitative estimate of drug-likeness (QED) is 0.867. The number of hydrogen-bond acceptors (Lipinski definition) is 4. The number of hydrogen-bond donors (Lipinski definition) is 1. The summed E-state index contributed by atoms with van der Waals surface area (Å²) in [6, 6.07) is 17.3. The number of carbonyl (C=O) groups excluding carboxylic acids is 1. The summed E-state index contributed by atoms with van der Waals surface area (Å²) in [4.78, 5) is 16.5. The molecule has 0 spiro atoms. The van der Waals surface area contributed by atoms with Crippen molar-refractivity contribution in [2.75, 3.05) is 38.2 Å². The van der Waals surface area contributed by atoms with E-state index in [4.69, 9.17) is 4.74 Å². The van der Waals surface area contributed by atoms with Gasteiger partial charge >= 0.3 is 0 Å². The number of nitrogens with zero attached hydrogens (tertiary/aromatic N) is 2. The van der Waals surface area contributed by atoms with Gasteiger partial charge in [-0.05, 0) is 49.2 Å². The van der Waals surface area contributed by atoms with Crippen molar-refractivity contribution >= 4 is 11.6 Å². The highest BCUT2D eigenvalue weighted by Crippen LogP contribution is 2.21. The molecule has 5 heteroatoms. The predicted octanol–water partition coefficient (Wildman–Crippen LogP) is 2.80. The van der Waals surface area contributed by atoms with Crippen LogP contribution in [0.25, 0.3) is 0 Å². The van der Waals surface area contributed by atoms with Gasteiger partial charge < -0.3 is 19.6 Å². The van der Waals surface area contributed by atoms with Crippen LogP contribution in [0.1, 0.15) is 23.2 Å². The number of para-hydroxylation sites is 1. The van der Waals surface area contributed by atoms with Gasteiger partial charge in [0.15, 0.2) is 0 Å². The second kappa shape index (κ2) is 8.72. The molecule has 0 bridgehead atoms. The van der Waals surface area contributed by atoms with E-state index in [1.54, 1.807) is 11.9 Å². The van der Waals surface area contributed by atoms with Gasteiger partial charge in [0.05, 0.1) is 12.6 Å². The molecule has 1 aliphatic heterocycles. The number of carbonyl (C=O) groups is 1. The zero-order chi connectivity index (χ0) is 18.4. The lowest BCUT2D eigenvalue weighted by molar-refractivity contribution is 0.0774. The van der Waals surface area contributed by atoms with Crippen molar-refractivity contribution in [2.45, 2.75) is 18.9 Å². The third-order valence-electron chi connectivity index (χ3n) is 4.73. The molecule has 3 rings (SSSR count). The highest BCUT2D eigenvalue weighted by Gasteiger charge is 2.18. The van der Waals surface area contributed by atoms with Crippen molar-refractivity contribution in [3.05, 3.63) is 60.2 Å². The Labute approximate surface area is 154 Å². The van der Waals surface area contributed by atoms with Crippen LogP contribution in [0.4, 0.5) is 5.69 Å². The van der Waals surface area contributed by atoms with Gasteiger partial charge in [0.25, 0.3) is 5.91 Å². The van der Waals surface area contributed by atoms with Crippen molar-refractivity contribution in [1.29, 1.82) is 0 Å². The SMILES string of the molecule is CN(CCOc1ccccc1)C(=O)c1ccc(N2CCC(O)CC2)cc1. The summed E-state index contributed by atoms with van der Waals surface area (Å²) in [5.74, 6) is 0.798. The normalized spacial score (nSPS) is 14.9. The molecule has 1 heterocycles. The number of aliphatic hydroxyl groups is 1. The molecule has 5 nitrogen and oxygen atoms in total. The zero-order valence-electron chi connectivity index (χ0n) is 15.2. The molecule has 26 heavy (non-hydrogen) atoms. The fourth-order valence-corrected chi connectivity index (χ4v) is 3.08. The molecule has 0 saturated carbocycles. The number of amides is 1. The van der Waals surface area contributed by atoms with E-state index in [-0.39, 0.29) is 12.0 Å². The molecule has 0 unspecified atom stereocenters. The van der Waals surface area contributed by atoms with E-state index in [1.165, 1.54) is 0 Å². The van der Waals surface area contributed by atoms with Crippen molar-refractivity contribution in [3.63, 3.8) is 0 Å². The molecule has 2 aromatic carbocycles. The standard InChI is InChI=1S/C21H26N2O3/c1-22(15-16-26-20-5-3-2-4-6-20)21(25)17-7-9-18(10-8-17)23-13-11-19(24)12-14-23/h2-10,19,24H,11-16H2,1H3. The molecule has 1 N–H and O–H groups in total. The van der Waals surface area contributed by atoms with Gasteiger partial charge in [-0.3, -0.25) is 4.79 Å². The first kappa shape index (κ1) is 18.3. The van der Waals surface area contributed by atoms with Crippen LogP contribution in [0.15, 0.2) is 54.6 Å². The van der Waals surface area contributed by atoms with E-state index in [2.05, 4.69) is 4.90 Å². The molecule has 2 aromatic rings. The highest BCUT2D eigenvalue weighted by molar-refractivity contribution is 5.94. The van der Waals surface area contributed by atoms with Crippen molar-refractivity contribution < 1.29 is 14.6 Å². The van der Waals surface area contributed by atoms with E-state index in [1.807, 2.05) is 54.6 Å². The van der Waals surface area contributed by atoms with Gasteiger partial charge in [0.1, 0.15) is 12.4 Å². The average Bonchev–Trinajstić information content (AvgIpc) is 2.69. The lowest BCUT2D eigenvalue weighted by Gasteiger charge is -2.31.